The monoisotopic (exact) mass is 471 g/mol. The van der Waals surface area contributed by atoms with Crippen molar-refractivity contribution in [3.05, 3.63) is 71.8 Å². The third kappa shape index (κ3) is 5.81. The molecule has 9 nitrogen and oxygen atoms in total. The number of carboxylic acid groups (broad SMARTS) is 1. The third-order valence-corrected chi connectivity index (χ3v) is 5.75. The molecule has 182 valence electrons. The Balaban J connectivity index is 1.59. The fourth-order valence-electron chi connectivity index (χ4n) is 4.09. The number of nitrogens with one attached hydrogen (secondary N) is 1. The highest BCUT2D eigenvalue weighted by molar-refractivity contribution is 5.73. The van der Waals surface area contributed by atoms with Crippen LogP contribution in [0.1, 0.15) is 31.3 Å². The van der Waals surface area contributed by atoms with Gasteiger partial charge in [0.2, 0.25) is 5.91 Å². The Morgan fingerprint density at radius 3 is 2.41 bits per heavy atom. The first-order valence-corrected chi connectivity index (χ1v) is 11.2. The molecule has 0 radical (unpaired) electrons. The Kier molecular flexibility index (Phi) is 7.91. The maximum atomic E-state index is 12.1. The number of hydrogen-bond donors (Lipinski definition) is 2. The van der Waals surface area contributed by atoms with Gasteiger partial charge in [-0.1, -0.05) is 60.7 Å². The molecule has 2 aromatic rings. The number of benzene rings is 2. The number of carbonyl (C=O) groups is 2. The average molecular weight is 472 g/mol. The summed E-state index contributed by atoms with van der Waals surface area (Å²) in [6.45, 7) is 3.22. The molecule has 0 spiro atoms. The van der Waals surface area contributed by atoms with E-state index in [1.807, 2.05) is 60.7 Å². The van der Waals surface area contributed by atoms with Crippen molar-refractivity contribution in [1.82, 2.24) is 5.32 Å². The molecular formula is C25H29NO8. The molecule has 0 bridgehead atoms. The summed E-state index contributed by atoms with van der Waals surface area (Å²) < 4.78 is 30.3. The Hall–Kier alpha value is -2.82. The molecule has 9 heteroatoms. The molecule has 0 saturated carbocycles. The van der Waals surface area contributed by atoms with Crippen LogP contribution in [0.2, 0.25) is 0 Å². The van der Waals surface area contributed by atoms with Crippen LogP contribution in [0.4, 0.5) is 0 Å². The molecule has 2 heterocycles. The number of carboxylic acids is 1. The molecule has 2 saturated heterocycles. The van der Waals surface area contributed by atoms with Gasteiger partial charge in [0.25, 0.3) is 0 Å². The first kappa shape index (κ1) is 24.3. The van der Waals surface area contributed by atoms with Crippen molar-refractivity contribution in [2.75, 3.05) is 6.61 Å². The fraction of sp³-hybridized carbons (Fsp3) is 0.440. The third-order valence-electron chi connectivity index (χ3n) is 5.75. The lowest BCUT2D eigenvalue weighted by molar-refractivity contribution is -0.351. The molecule has 2 N–H and O–H groups in total. The maximum Gasteiger partial charge on any atom is 0.332 e. The van der Waals surface area contributed by atoms with Crippen LogP contribution in [0.15, 0.2) is 60.7 Å². The van der Waals surface area contributed by atoms with Gasteiger partial charge in [-0.25, -0.2) is 4.79 Å². The predicted molar refractivity (Wildman–Crippen MR) is 119 cm³/mol. The van der Waals surface area contributed by atoms with E-state index in [1.54, 1.807) is 0 Å². The molecule has 1 amide bonds. The van der Waals surface area contributed by atoms with Crippen molar-refractivity contribution in [3.8, 4) is 0 Å². The summed E-state index contributed by atoms with van der Waals surface area (Å²) >= 11 is 0. The normalized spacial score (nSPS) is 29.6. The minimum absolute atomic E-state index is 0.184. The molecule has 2 aromatic carbocycles. The van der Waals surface area contributed by atoms with Gasteiger partial charge in [0.15, 0.2) is 18.7 Å². The van der Waals surface area contributed by atoms with Crippen molar-refractivity contribution >= 4 is 11.9 Å². The summed E-state index contributed by atoms with van der Waals surface area (Å²) in [5.41, 5.74) is 1.73. The smallest absolute Gasteiger partial charge is 0.332 e. The second-order valence-electron chi connectivity index (χ2n) is 8.32. The van der Waals surface area contributed by atoms with Crippen LogP contribution in [-0.4, -0.2) is 60.3 Å². The molecule has 2 aliphatic heterocycles. The molecule has 2 aliphatic rings. The van der Waals surface area contributed by atoms with E-state index in [0.717, 1.165) is 11.1 Å². The number of amides is 1. The average Bonchev–Trinajstić information content (AvgIpc) is 2.84. The quantitative estimate of drug-likeness (QED) is 0.604. The highest BCUT2D eigenvalue weighted by Gasteiger charge is 2.52. The van der Waals surface area contributed by atoms with Crippen LogP contribution in [0, 0.1) is 0 Å². The molecule has 3 unspecified atom stereocenters. The second kappa shape index (κ2) is 11.1. The van der Waals surface area contributed by atoms with Crippen molar-refractivity contribution in [1.29, 1.82) is 0 Å². The van der Waals surface area contributed by atoms with Gasteiger partial charge in [-0.15, -0.1) is 0 Å². The van der Waals surface area contributed by atoms with Gasteiger partial charge in [-0.2, -0.15) is 0 Å². The van der Waals surface area contributed by atoms with Crippen LogP contribution < -0.4 is 5.32 Å². The highest BCUT2D eigenvalue weighted by Crippen LogP contribution is 2.36. The topological polar surface area (TPSA) is 113 Å². The SMILES string of the molecule is CC(=O)N[C@@H]1C(OCc2ccccc2)OC2COC(c3ccccc3)O[C@H]2[C@@H]1O[C@H](C)C(=O)O. The number of fused-ring (bicyclic) bond motifs is 1. The zero-order valence-electron chi connectivity index (χ0n) is 19.0. The minimum Gasteiger partial charge on any atom is -0.479 e. The second-order valence-corrected chi connectivity index (χ2v) is 8.32. The molecule has 0 aromatic heterocycles. The van der Waals surface area contributed by atoms with Crippen molar-refractivity contribution in [2.45, 2.75) is 63.5 Å². The summed E-state index contributed by atoms with van der Waals surface area (Å²) in [4.78, 5) is 23.7. The summed E-state index contributed by atoms with van der Waals surface area (Å²) in [5, 5.41) is 12.3. The molecule has 7 atom stereocenters. The van der Waals surface area contributed by atoms with Gasteiger partial charge in [0.1, 0.15) is 24.4 Å². The molecular weight excluding hydrogens is 442 g/mol. The number of hydrogen-bond acceptors (Lipinski definition) is 7. The largest absolute Gasteiger partial charge is 0.479 e. The highest BCUT2D eigenvalue weighted by atomic mass is 16.8. The van der Waals surface area contributed by atoms with Crippen molar-refractivity contribution in [3.63, 3.8) is 0 Å². The standard InChI is InChI=1S/C25H29NO8/c1-15(23(28)29)32-22-20(26-16(2)27)25(30-13-17-9-5-3-6-10-17)33-19-14-31-24(34-21(19)22)18-11-7-4-8-12-18/h3-12,15,19-22,24-25H,13-14H2,1-2H3,(H,26,27)(H,28,29)/t15-,19?,20+,21-,22-,24?,25?/m1/s1. The van der Waals surface area contributed by atoms with E-state index < -0.39 is 49.0 Å². The lowest BCUT2D eigenvalue weighted by Gasteiger charge is -2.49. The number of aliphatic carboxylic acids is 1. The van der Waals surface area contributed by atoms with E-state index >= 15 is 0 Å². The minimum atomic E-state index is -1.14. The maximum absolute atomic E-state index is 12.1. The summed E-state index contributed by atoms with van der Waals surface area (Å²) in [6.07, 6.45) is -4.87. The Morgan fingerprint density at radius 2 is 1.76 bits per heavy atom. The molecule has 0 aliphatic carbocycles. The summed E-state index contributed by atoms with van der Waals surface area (Å²) in [5.74, 6) is -1.46. The Bertz CT molecular complexity index is 956. The van der Waals surface area contributed by atoms with Crippen LogP contribution in [0.3, 0.4) is 0 Å². The van der Waals surface area contributed by atoms with Gasteiger partial charge in [-0.3, -0.25) is 4.79 Å². The number of ether oxygens (including phenoxy) is 5. The first-order chi connectivity index (χ1) is 16.4. The van der Waals surface area contributed by atoms with Gasteiger partial charge >= 0.3 is 5.97 Å². The van der Waals surface area contributed by atoms with Crippen molar-refractivity contribution in [2.24, 2.45) is 0 Å². The lowest BCUT2D eigenvalue weighted by Crippen LogP contribution is -2.67. The van der Waals surface area contributed by atoms with E-state index in [9.17, 15) is 14.7 Å². The summed E-state index contributed by atoms with van der Waals surface area (Å²) in [6, 6.07) is 18.1. The van der Waals surface area contributed by atoms with Crippen LogP contribution in [-0.2, 0) is 39.9 Å². The Labute approximate surface area is 197 Å². The van der Waals surface area contributed by atoms with Gasteiger partial charge in [-0.05, 0) is 12.5 Å². The van der Waals surface area contributed by atoms with E-state index in [0.29, 0.717) is 0 Å². The first-order valence-electron chi connectivity index (χ1n) is 11.2. The van der Waals surface area contributed by atoms with E-state index in [4.69, 9.17) is 23.7 Å². The van der Waals surface area contributed by atoms with Crippen LogP contribution in [0.25, 0.3) is 0 Å². The molecule has 34 heavy (non-hydrogen) atoms. The molecule has 2 fully saturated rings. The van der Waals surface area contributed by atoms with E-state index in [1.165, 1.54) is 13.8 Å². The fourth-order valence-corrected chi connectivity index (χ4v) is 4.09. The zero-order valence-corrected chi connectivity index (χ0v) is 19.0. The van der Waals surface area contributed by atoms with E-state index in [2.05, 4.69) is 5.32 Å². The van der Waals surface area contributed by atoms with Gasteiger partial charge in [0.05, 0.1) is 13.2 Å². The van der Waals surface area contributed by atoms with Crippen LogP contribution in [0.5, 0.6) is 0 Å². The molecule has 4 rings (SSSR count). The van der Waals surface area contributed by atoms with Crippen LogP contribution >= 0.6 is 0 Å². The van der Waals surface area contributed by atoms with Gasteiger partial charge < -0.3 is 34.1 Å². The lowest BCUT2D eigenvalue weighted by atomic mass is 9.95. The van der Waals surface area contributed by atoms with E-state index in [-0.39, 0.29) is 19.1 Å². The van der Waals surface area contributed by atoms with Crippen molar-refractivity contribution < 1.29 is 38.4 Å². The Morgan fingerprint density at radius 1 is 1.09 bits per heavy atom. The van der Waals surface area contributed by atoms with Gasteiger partial charge in [0, 0.05) is 12.5 Å². The number of rotatable bonds is 8. The zero-order chi connectivity index (χ0) is 24.1. The summed E-state index contributed by atoms with van der Waals surface area (Å²) in [7, 11) is 0. The number of carbonyl (C=O) groups excluding carboxylic acids is 1. The predicted octanol–water partition coefficient (Wildman–Crippen LogP) is 2.41.